The number of carboxylic acid groups (broad SMARTS) is 1. The van der Waals surface area contributed by atoms with Gasteiger partial charge in [0.25, 0.3) is 5.91 Å². The van der Waals surface area contributed by atoms with Crippen LogP contribution in [0.3, 0.4) is 0 Å². The van der Waals surface area contributed by atoms with Gasteiger partial charge >= 0.3 is 12.1 Å². The summed E-state index contributed by atoms with van der Waals surface area (Å²) in [7, 11) is 0. The van der Waals surface area contributed by atoms with Crippen molar-refractivity contribution in [1.82, 2.24) is 9.80 Å². The molecule has 154 valence electrons. The maximum Gasteiger partial charge on any atom is 0.490 e. The number of carboxylic acids is 1. The van der Waals surface area contributed by atoms with Gasteiger partial charge in [-0.2, -0.15) is 13.2 Å². The van der Waals surface area contributed by atoms with Crippen LogP contribution in [0.1, 0.15) is 23.2 Å². The van der Waals surface area contributed by atoms with E-state index in [1.807, 2.05) is 18.2 Å². The highest BCUT2D eigenvalue weighted by atomic mass is 19.4. The van der Waals surface area contributed by atoms with Gasteiger partial charge in [0.2, 0.25) is 0 Å². The molecular formula is C18H21F3N2O5. The van der Waals surface area contributed by atoms with E-state index in [1.54, 1.807) is 0 Å². The summed E-state index contributed by atoms with van der Waals surface area (Å²) in [4.78, 5) is 26.2. The fourth-order valence-electron chi connectivity index (χ4n) is 3.50. The van der Waals surface area contributed by atoms with Crippen LogP contribution < -0.4 is 9.47 Å². The fourth-order valence-corrected chi connectivity index (χ4v) is 3.50. The van der Waals surface area contributed by atoms with Gasteiger partial charge in [0.05, 0.1) is 0 Å². The number of amides is 1. The van der Waals surface area contributed by atoms with Gasteiger partial charge in [-0.3, -0.25) is 4.79 Å². The first-order valence-electron chi connectivity index (χ1n) is 8.99. The predicted octanol–water partition coefficient (Wildman–Crippen LogP) is 2.01. The van der Waals surface area contributed by atoms with E-state index in [9.17, 15) is 18.0 Å². The Bertz CT molecular complexity index is 732. The van der Waals surface area contributed by atoms with Gasteiger partial charge in [-0.15, -0.1) is 0 Å². The Morgan fingerprint density at radius 3 is 2.21 bits per heavy atom. The van der Waals surface area contributed by atoms with Gasteiger partial charge in [-0.25, -0.2) is 4.79 Å². The zero-order chi connectivity index (χ0) is 20.3. The van der Waals surface area contributed by atoms with Crippen LogP contribution in [0, 0.1) is 0 Å². The average Bonchev–Trinajstić information content (AvgIpc) is 3.00. The molecule has 0 aliphatic carbocycles. The molecule has 1 aromatic rings. The lowest BCUT2D eigenvalue weighted by Crippen LogP contribution is -2.41. The molecule has 0 saturated carbocycles. The van der Waals surface area contributed by atoms with Crippen molar-refractivity contribution >= 4 is 11.9 Å². The third kappa shape index (κ3) is 4.67. The van der Waals surface area contributed by atoms with Crippen LogP contribution >= 0.6 is 0 Å². The molecule has 10 heteroatoms. The van der Waals surface area contributed by atoms with Gasteiger partial charge in [-0.05, 0) is 31.0 Å². The number of aliphatic carboxylic acids is 1. The Balaban J connectivity index is 0.000000279. The standard InChI is InChI=1S/C16H20N2O3.C2HF3O2/c19-16(18-8-7-17-5-3-13(18)4-6-17)12-1-2-14-15(11-12)21-10-9-20-14;3-2(4,5)1(6)7/h1-2,11,13H,3-10H2;(H,6,7). The van der Waals surface area contributed by atoms with Crippen LogP contribution in [-0.2, 0) is 4.79 Å². The second-order valence-electron chi connectivity index (χ2n) is 6.73. The lowest BCUT2D eigenvalue weighted by molar-refractivity contribution is -0.192. The third-order valence-electron chi connectivity index (χ3n) is 4.95. The largest absolute Gasteiger partial charge is 0.490 e. The van der Waals surface area contributed by atoms with Crippen molar-refractivity contribution in [1.29, 1.82) is 0 Å². The number of hydrogen-bond acceptors (Lipinski definition) is 5. The molecule has 0 atom stereocenters. The summed E-state index contributed by atoms with van der Waals surface area (Å²) >= 11 is 0. The quantitative estimate of drug-likeness (QED) is 0.774. The number of fused-ring (bicyclic) bond motifs is 5. The van der Waals surface area contributed by atoms with Crippen LogP contribution in [0.4, 0.5) is 13.2 Å². The van der Waals surface area contributed by atoms with Crippen LogP contribution in [0.2, 0.25) is 0 Å². The van der Waals surface area contributed by atoms with Gasteiger partial charge in [-0.1, -0.05) is 0 Å². The molecule has 1 amide bonds. The molecule has 4 heterocycles. The number of carbonyl (C=O) groups excluding carboxylic acids is 1. The molecule has 4 aliphatic heterocycles. The number of piperidine rings is 1. The van der Waals surface area contributed by atoms with Crippen molar-refractivity contribution in [2.75, 3.05) is 39.4 Å². The minimum atomic E-state index is -5.08. The highest BCUT2D eigenvalue weighted by Gasteiger charge is 2.38. The molecule has 3 fully saturated rings. The van der Waals surface area contributed by atoms with E-state index in [2.05, 4.69) is 9.80 Å². The summed E-state index contributed by atoms with van der Waals surface area (Å²) in [6, 6.07) is 5.92. The first kappa shape index (κ1) is 20.2. The van der Waals surface area contributed by atoms with Crippen molar-refractivity contribution in [3.05, 3.63) is 23.8 Å². The molecule has 0 unspecified atom stereocenters. The number of alkyl halides is 3. The van der Waals surface area contributed by atoms with Crippen molar-refractivity contribution < 1.29 is 37.3 Å². The van der Waals surface area contributed by atoms with Crippen molar-refractivity contribution in [3.63, 3.8) is 0 Å². The molecule has 0 radical (unpaired) electrons. The molecule has 0 aromatic heterocycles. The van der Waals surface area contributed by atoms with E-state index < -0.39 is 12.1 Å². The Labute approximate surface area is 159 Å². The van der Waals surface area contributed by atoms with Gasteiger partial charge in [0.1, 0.15) is 13.2 Å². The number of halogens is 3. The Hall–Kier alpha value is -2.49. The molecule has 1 N–H and O–H groups in total. The Morgan fingerprint density at radius 1 is 1.00 bits per heavy atom. The summed E-state index contributed by atoms with van der Waals surface area (Å²) in [5, 5.41) is 7.12. The third-order valence-corrected chi connectivity index (χ3v) is 4.95. The van der Waals surface area contributed by atoms with Crippen LogP contribution in [-0.4, -0.2) is 78.4 Å². The molecule has 4 aliphatic rings. The highest BCUT2D eigenvalue weighted by Crippen LogP contribution is 2.32. The lowest BCUT2D eigenvalue weighted by Gasteiger charge is -2.31. The molecule has 7 nitrogen and oxygen atoms in total. The first-order chi connectivity index (χ1) is 13.3. The zero-order valence-corrected chi connectivity index (χ0v) is 15.1. The number of ether oxygens (including phenoxy) is 2. The number of carbonyl (C=O) groups is 2. The van der Waals surface area contributed by atoms with E-state index in [1.165, 1.54) is 0 Å². The normalized spacial score (nSPS) is 23.3. The van der Waals surface area contributed by atoms with E-state index in [0.717, 1.165) is 44.8 Å². The second kappa shape index (κ2) is 8.26. The van der Waals surface area contributed by atoms with Gasteiger partial charge in [0, 0.05) is 37.8 Å². The maximum absolute atomic E-state index is 12.8. The van der Waals surface area contributed by atoms with Crippen LogP contribution in [0.15, 0.2) is 18.2 Å². The zero-order valence-electron chi connectivity index (χ0n) is 15.1. The van der Waals surface area contributed by atoms with Gasteiger partial charge in [0.15, 0.2) is 11.5 Å². The van der Waals surface area contributed by atoms with Crippen molar-refractivity contribution in [3.8, 4) is 11.5 Å². The molecule has 0 spiro atoms. The number of rotatable bonds is 1. The van der Waals surface area contributed by atoms with Crippen molar-refractivity contribution in [2.45, 2.75) is 25.1 Å². The molecule has 2 bridgehead atoms. The highest BCUT2D eigenvalue weighted by molar-refractivity contribution is 5.95. The van der Waals surface area contributed by atoms with E-state index in [-0.39, 0.29) is 5.91 Å². The molecule has 1 aromatic carbocycles. The summed E-state index contributed by atoms with van der Waals surface area (Å²) in [6.45, 7) is 5.19. The Morgan fingerprint density at radius 2 is 1.61 bits per heavy atom. The maximum atomic E-state index is 12.8. The second-order valence-corrected chi connectivity index (χ2v) is 6.73. The number of nitrogens with zero attached hydrogens (tertiary/aromatic N) is 2. The monoisotopic (exact) mass is 402 g/mol. The summed E-state index contributed by atoms with van der Waals surface area (Å²) in [5.41, 5.74) is 0.708. The fraction of sp³-hybridized carbons (Fsp3) is 0.556. The molecule has 3 saturated heterocycles. The van der Waals surface area contributed by atoms with E-state index in [4.69, 9.17) is 19.4 Å². The number of hydrogen-bond donors (Lipinski definition) is 1. The first-order valence-corrected chi connectivity index (χ1v) is 8.99. The summed E-state index contributed by atoms with van der Waals surface area (Å²) < 4.78 is 42.8. The molecule has 28 heavy (non-hydrogen) atoms. The topological polar surface area (TPSA) is 79.3 Å². The van der Waals surface area contributed by atoms with Crippen LogP contribution in [0.25, 0.3) is 0 Å². The number of benzene rings is 1. The smallest absolute Gasteiger partial charge is 0.486 e. The molecule has 5 rings (SSSR count). The average molecular weight is 402 g/mol. The van der Waals surface area contributed by atoms with Gasteiger partial charge < -0.3 is 24.4 Å². The lowest BCUT2D eigenvalue weighted by atomic mass is 10.0. The SMILES string of the molecule is O=C(O)C(F)(F)F.O=C(c1ccc2c(c1)OCCO2)N1CCN2CCC1CC2. The van der Waals surface area contributed by atoms with Crippen LogP contribution in [0.5, 0.6) is 11.5 Å². The van der Waals surface area contributed by atoms with E-state index in [0.29, 0.717) is 30.6 Å². The molecular weight excluding hydrogens is 381 g/mol. The summed E-state index contributed by atoms with van der Waals surface area (Å²) in [5.74, 6) is -1.20. The predicted molar refractivity (Wildman–Crippen MR) is 91.6 cm³/mol. The van der Waals surface area contributed by atoms with E-state index >= 15 is 0 Å². The minimum absolute atomic E-state index is 0.126. The summed E-state index contributed by atoms with van der Waals surface area (Å²) in [6.07, 6.45) is -2.90. The minimum Gasteiger partial charge on any atom is -0.486 e. The Kier molecular flexibility index (Phi) is 5.97. The van der Waals surface area contributed by atoms with Crippen molar-refractivity contribution in [2.24, 2.45) is 0 Å².